The molecule has 72 valence electrons. The molecule has 0 spiro atoms. The minimum absolute atomic E-state index is 0.161. The maximum absolute atomic E-state index is 8.78. The topological polar surface area (TPSA) is 29.5 Å². The molecule has 3 heteroatoms. The van der Waals surface area contributed by atoms with Gasteiger partial charge in [-0.1, -0.05) is 28.9 Å². The summed E-state index contributed by atoms with van der Waals surface area (Å²) in [6, 6.07) is 7.67. The van der Waals surface area contributed by atoms with E-state index in [-0.39, 0.29) is 12.5 Å². The van der Waals surface area contributed by atoms with Gasteiger partial charge in [0.15, 0.2) is 0 Å². The molecule has 0 aliphatic rings. The first-order chi connectivity index (χ1) is 6.22. The summed E-state index contributed by atoms with van der Waals surface area (Å²) in [5.41, 5.74) is 0. The number of halogens is 1. The standard InChI is InChI=1S/C10H13BrO2/c1-8(6-12)7-13-10-4-2-3-9(11)5-10/h2-5,8,12H,6-7H2,1H3. The summed E-state index contributed by atoms with van der Waals surface area (Å²) in [5.74, 6) is 1.01. The highest BCUT2D eigenvalue weighted by Gasteiger charge is 2.00. The van der Waals surface area contributed by atoms with Crippen LogP contribution in [0.1, 0.15) is 6.92 Å². The molecule has 1 unspecified atom stereocenters. The van der Waals surface area contributed by atoms with Crippen molar-refractivity contribution in [1.29, 1.82) is 0 Å². The largest absolute Gasteiger partial charge is 0.493 e. The van der Waals surface area contributed by atoms with E-state index in [1.807, 2.05) is 31.2 Å². The van der Waals surface area contributed by atoms with E-state index in [4.69, 9.17) is 9.84 Å². The lowest BCUT2D eigenvalue weighted by Crippen LogP contribution is -2.11. The summed E-state index contributed by atoms with van der Waals surface area (Å²) >= 11 is 3.36. The molecule has 0 fully saturated rings. The molecular weight excluding hydrogens is 232 g/mol. The van der Waals surface area contributed by atoms with E-state index in [1.165, 1.54) is 0 Å². The number of benzene rings is 1. The fourth-order valence-electron chi connectivity index (χ4n) is 0.848. The molecule has 0 heterocycles. The molecule has 0 bridgehead atoms. The molecule has 0 amide bonds. The summed E-state index contributed by atoms with van der Waals surface area (Å²) in [7, 11) is 0. The van der Waals surface area contributed by atoms with Crippen LogP contribution in [0.25, 0.3) is 0 Å². The second kappa shape index (κ2) is 5.25. The molecule has 0 radical (unpaired) electrons. The molecule has 0 saturated heterocycles. The number of hydrogen-bond donors (Lipinski definition) is 1. The van der Waals surface area contributed by atoms with E-state index in [9.17, 15) is 0 Å². The summed E-state index contributed by atoms with van der Waals surface area (Å²) in [6.45, 7) is 2.65. The van der Waals surface area contributed by atoms with Crippen molar-refractivity contribution >= 4 is 15.9 Å². The van der Waals surface area contributed by atoms with Crippen LogP contribution in [-0.2, 0) is 0 Å². The maximum Gasteiger partial charge on any atom is 0.120 e. The van der Waals surface area contributed by atoms with Crippen molar-refractivity contribution in [1.82, 2.24) is 0 Å². The summed E-state index contributed by atoms with van der Waals surface area (Å²) in [4.78, 5) is 0. The summed E-state index contributed by atoms with van der Waals surface area (Å²) in [5, 5.41) is 8.78. The first-order valence-corrected chi connectivity index (χ1v) is 5.01. The van der Waals surface area contributed by atoms with Gasteiger partial charge in [0, 0.05) is 17.0 Å². The molecule has 1 atom stereocenters. The van der Waals surface area contributed by atoms with E-state index in [2.05, 4.69) is 15.9 Å². The molecular formula is C10H13BrO2. The van der Waals surface area contributed by atoms with Crippen LogP contribution in [0.5, 0.6) is 5.75 Å². The van der Waals surface area contributed by atoms with Gasteiger partial charge in [0.1, 0.15) is 5.75 Å². The molecule has 1 aromatic rings. The Morgan fingerprint density at radius 2 is 2.31 bits per heavy atom. The zero-order chi connectivity index (χ0) is 9.68. The average molecular weight is 245 g/mol. The first kappa shape index (κ1) is 10.5. The Hall–Kier alpha value is -0.540. The van der Waals surface area contributed by atoms with E-state index < -0.39 is 0 Å². The van der Waals surface area contributed by atoms with Gasteiger partial charge in [0.25, 0.3) is 0 Å². The predicted octanol–water partition coefficient (Wildman–Crippen LogP) is 2.46. The molecule has 0 aromatic heterocycles. The molecule has 1 aromatic carbocycles. The fraction of sp³-hybridized carbons (Fsp3) is 0.400. The Morgan fingerprint density at radius 3 is 2.92 bits per heavy atom. The van der Waals surface area contributed by atoms with Crippen LogP contribution < -0.4 is 4.74 Å². The molecule has 0 aliphatic carbocycles. The molecule has 13 heavy (non-hydrogen) atoms. The highest BCUT2D eigenvalue weighted by Crippen LogP contribution is 2.18. The average Bonchev–Trinajstić information content (AvgIpc) is 2.14. The lowest BCUT2D eigenvalue weighted by molar-refractivity contribution is 0.174. The molecule has 0 saturated carbocycles. The fourth-order valence-corrected chi connectivity index (χ4v) is 1.23. The van der Waals surface area contributed by atoms with E-state index in [0.717, 1.165) is 10.2 Å². The Morgan fingerprint density at radius 1 is 1.54 bits per heavy atom. The maximum atomic E-state index is 8.78. The van der Waals surface area contributed by atoms with Gasteiger partial charge in [-0.25, -0.2) is 0 Å². The minimum atomic E-state index is 0.161. The van der Waals surface area contributed by atoms with Crippen LogP contribution in [0, 0.1) is 5.92 Å². The highest BCUT2D eigenvalue weighted by atomic mass is 79.9. The Kier molecular flexibility index (Phi) is 4.25. The van der Waals surface area contributed by atoms with Crippen LogP contribution in [0.15, 0.2) is 28.7 Å². The van der Waals surface area contributed by atoms with Gasteiger partial charge in [-0.3, -0.25) is 0 Å². The number of rotatable bonds is 4. The van der Waals surface area contributed by atoms with Crippen molar-refractivity contribution in [2.45, 2.75) is 6.92 Å². The Labute approximate surface area is 86.7 Å². The van der Waals surface area contributed by atoms with Crippen molar-refractivity contribution in [3.8, 4) is 5.75 Å². The van der Waals surface area contributed by atoms with Gasteiger partial charge in [-0.15, -0.1) is 0 Å². The van der Waals surface area contributed by atoms with Crippen molar-refractivity contribution in [2.24, 2.45) is 5.92 Å². The Bertz CT molecular complexity index is 263. The third kappa shape index (κ3) is 3.79. The zero-order valence-corrected chi connectivity index (χ0v) is 9.12. The van der Waals surface area contributed by atoms with Gasteiger partial charge in [-0.05, 0) is 18.2 Å². The number of ether oxygens (including phenoxy) is 1. The van der Waals surface area contributed by atoms with Gasteiger partial charge in [0.05, 0.1) is 6.61 Å². The number of aliphatic hydroxyl groups excluding tert-OH is 1. The second-order valence-corrected chi connectivity index (χ2v) is 3.97. The third-order valence-corrected chi connectivity index (χ3v) is 2.14. The molecule has 0 aliphatic heterocycles. The zero-order valence-electron chi connectivity index (χ0n) is 7.53. The SMILES string of the molecule is CC(CO)COc1cccc(Br)c1. The van der Waals surface area contributed by atoms with Crippen LogP contribution in [0.4, 0.5) is 0 Å². The Balaban J connectivity index is 2.45. The van der Waals surface area contributed by atoms with Crippen molar-refractivity contribution < 1.29 is 9.84 Å². The summed E-state index contributed by atoms with van der Waals surface area (Å²) in [6.07, 6.45) is 0. The molecule has 2 nitrogen and oxygen atoms in total. The predicted molar refractivity (Wildman–Crippen MR) is 55.9 cm³/mol. The smallest absolute Gasteiger partial charge is 0.120 e. The van der Waals surface area contributed by atoms with Crippen molar-refractivity contribution in [3.63, 3.8) is 0 Å². The number of aliphatic hydroxyl groups is 1. The normalized spacial score (nSPS) is 12.5. The first-order valence-electron chi connectivity index (χ1n) is 4.21. The van der Waals surface area contributed by atoms with Gasteiger partial charge in [-0.2, -0.15) is 0 Å². The van der Waals surface area contributed by atoms with Crippen LogP contribution in [0.3, 0.4) is 0 Å². The second-order valence-electron chi connectivity index (χ2n) is 3.06. The van der Waals surface area contributed by atoms with E-state index in [0.29, 0.717) is 6.61 Å². The molecule has 1 N–H and O–H groups in total. The third-order valence-electron chi connectivity index (χ3n) is 1.64. The highest BCUT2D eigenvalue weighted by molar-refractivity contribution is 9.10. The van der Waals surface area contributed by atoms with Crippen LogP contribution in [-0.4, -0.2) is 18.3 Å². The lowest BCUT2D eigenvalue weighted by atomic mass is 10.2. The quantitative estimate of drug-likeness (QED) is 0.882. The van der Waals surface area contributed by atoms with Crippen LogP contribution in [0.2, 0.25) is 0 Å². The minimum Gasteiger partial charge on any atom is -0.493 e. The summed E-state index contributed by atoms with van der Waals surface area (Å²) < 4.78 is 6.45. The van der Waals surface area contributed by atoms with Crippen molar-refractivity contribution in [2.75, 3.05) is 13.2 Å². The van der Waals surface area contributed by atoms with E-state index in [1.54, 1.807) is 0 Å². The van der Waals surface area contributed by atoms with Crippen LogP contribution >= 0.6 is 15.9 Å². The van der Waals surface area contributed by atoms with Gasteiger partial charge in [0.2, 0.25) is 0 Å². The van der Waals surface area contributed by atoms with Gasteiger partial charge >= 0.3 is 0 Å². The monoisotopic (exact) mass is 244 g/mol. The van der Waals surface area contributed by atoms with E-state index >= 15 is 0 Å². The van der Waals surface area contributed by atoms with Crippen molar-refractivity contribution in [3.05, 3.63) is 28.7 Å². The van der Waals surface area contributed by atoms with Gasteiger partial charge < -0.3 is 9.84 Å². The molecule has 1 rings (SSSR count). The number of hydrogen-bond acceptors (Lipinski definition) is 2. The lowest BCUT2D eigenvalue weighted by Gasteiger charge is -2.10.